The Morgan fingerprint density at radius 2 is 2.00 bits per heavy atom. The lowest BCUT2D eigenvalue weighted by Gasteiger charge is -2.37. The number of methoxy groups -OCH3 is 1. The van der Waals surface area contributed by atoms with Crippen LogP contribution in [0.4, 0.5) is 0 Å². The molecular formula is C13H26N2O. The van der Waals surface area contributed by atoms with Crippen LogP contribution in [0, 0.1) is 11.8 Å². The molecule has 0 heterocycles. The molecule has 1 aliphatic rings. The average Bonchev–Trinajstić information content (AvgIpc) is 2.27. The van der Waals surface area contributed by atoms with Crippen molar-refractivity contribution in [3.63, 3.8) is 0 Å². The van der Waals surface area contributed by atoms with Crippen LogP contribution in [0.5, 0.6) is 0 Å². The van der Waals surface area contributed by atoms with Gasteiger partial charge in [-0.3, -0.25) is 4.99 Å². The van der Waals surface area contributed by atoms with Crippen LogP contribution in [0.25, 0.3) is 0 Å². The first-order valence-electron chi connectivity index (χ1n) is 6.35. The molecule has 1 rings (SSSR count). The molecule has 16 heavy (non-hydrogen) atoms. The van der Waals surface area contributed by atoms with Crippen LogP contribution in [-0.4, -0.2) is 25.1 Å². The molecule has 0 amide bonds. The van der Waals surface area contributed by atoms with Gasteiger partial charge in [-0.2, -0.15) is 0 Å². The van der Waals surface area contributed by atoms with Gasteiger partial charge in [0.2, 0.25) is 0 Å². The van der Waals surface area contributed by atoms with Gasteiger partial charge in [0.25, 0.3) is 0 Å². The molecule has 0 aromatic heterocycles. The third-order valence-electron chi connectivity index (χ3n) is 3.57. The normalized spacial score (nSPS) is 32.1. The first-order chi connectivity index (χ1) is 7.50. The van der Waals surface area contributed by atoms with Gasteiger partial charge in [-0.15, -0.1) is 0 Å². The second kappa shape index (κ2) is 5.67. The van der Waals surface area contributed by atoms with Crippen molar-refractivity contribution in [1.82, 2.24) is 0 Å². The number of amidine groups is 1. The maximum Gasteiger partial charge on any atom is 0.126 e. The Bertz CT molecular complexity index is 240. The Hall–Kier alpha value is -0.570. The molecule has 0 aromatic carbocycles. The monoisotopic (exact) mass is 226 g/mol. The summed E-state index contributed by atoms with van der Waals surface area (Å²) >= 11 is 0. The second-order valence-corrected chi connectivity index (χ2v) is 5.50. The molecule has 1 saturated carbocycles. The van der Waals surface area contributed by atoms with Gasteiger partial charge in [-0.25, -0.2) is 0 Å². The summed E-state index contributed by atoms with van der Waals surface area (Å²) in [6.45, 7) is 7.39. The van der Waals surface area contributed by atoms with E-state index in [4.69, 9.17) is 10.5 Å². The number of hydrogen-bond donors (Lipinski definition) is 1. The van der Waals surface area contributed by atoms with Crippen molar-refractivity contribution in [2.45, 2.75) is 52.1 Å². The number of rotatable bonds is 4. The maximum absolute atomic E-state index is 6.11. The van der Waals surface area contributed by atoms with E-state index in [0.717, 1.165) is 25.3 Å². The molecule has 1 fully saturated rings. The van der Waals surface area contributed by atoms with E-state index in [1.54, 1.807) is 7.11 Å². The fourth-order valence-corrected chi connectivity index (χ4v) is 2.22. The Morgan fingerprint density at radius 3 is 2.44 bits per heavy atom. The van der Waals surface area contributed by atoms with Gasteiger partial charge in [-0.05, 0) is 37.5 Å². The SMILES string of the molecule is COC1(C(N)=NCC(C)C)CCC(C)CC1. The summed E-state index contributed by atoms with van der Waals surface area (Å²) in [5.41, 5.74) is 5.84. The van der Waals surface area contributed by atoms with Crippen LogP contribution in [0.3, 0.4) is 0 Å². The summed E-state index contributed by atoms with van der Waals surface area (Å²) < 4.78 is 5.67. The third-order valence-corrected chi connectivity index (χ3v) is 3.57. The molecule has 1 aliphatic carbocycles. The molecule has 0 saturated heterocycles. The van der Waals surface area contributed by atoms with Crippen molar-refractivity contribution in [2.75, 3.05) is 13.7 Å². The molecule has 0 aromatic rings. The number of hydrogen-bond acceptors (Lipinski definition) is 2. The molecule has 0 spiro atoms. The summed E-state index contributed by atoms with van der Waals surface area (Å²) in [5, 5.41) is 0. The largest absolute Gasteiger partial charge is 0.385 e. The summed E-state index contributed by atoms with van der Waals surface area (Å²) in [4.78, 5) is 4.48. The fraction of sp³-hybridized carbons (Fsp3) is 0.923. The zero-order valence-corrected chi connectivity index (χ0v) is 11.1. The fourth-order valence-electron chi connectivity index (χ4n) is 2.22. The third kappa shape index (κ3) is 3.21. The molecule has 3 nitrogen and oxygen atoms in total. The summed E-state index contributed by atoms with van der Waals surface area (Å²) in [5.74, 6) is 2.05. The van der Waals surface area contributed by atoms with Crippen LogP contribution >= 0.6 is 0 Å². The maximum atomic E-state index is 6.11. The van der Waals surface area contributed by atoms with Gasteiger partial charge in [-0.1, -0.05) is 20.8 Å². The lowest BCUT2D eigenvalue weighted by Crippen LogP contribution is -2.48. The molecule has 0 aliphatic heterocycles. The van der Waals surface area contributed by atoms with Crippen LogP contribution in [0.2, 0.25) is 0 Å². The van der Waals surface area contributed by atoms with Crippen LogP contribution in [0.15, 0.2) is 4.99 Å². The Labute approximate surface area is 99.5 Å². The van der Waals surface area contributed by atoms with Gasteiger partial charge in [0, 0.05) is 13.7 Å². The van der Waals surface area contributed by atoms with E-state index in [0.29, 0.717) is 11.8 Å². The molecule has 0 bridgehead atoms. The Morgan fingerprint density at radius 1 is 1.44 bits per heavy atom. The average molecular weight is 226 g/mol. The van der Waals surface area contributed by atoms with Gasteiger partial charge in [0.15, 0.2) is 0 Å². The van der Waals surface area contributed by atoms with Crippen molar-refractivity contribution in [2.24, 2.45) is 22.6 Å². The number of ether oxygens (including phenoxy) is 1. The lowest BCUT2D eigenvalue weighted by atomic mass is 9.78. The molecular weight excluding hydrogens is 200 g/mol. The molecule has 0 unspecified atom stereocenters. The quantitative estimate of drug-likeness (QED) is 0.591. The minimum atomic E-state index is -0.276. The number of aliphatic imine (C=N–C) groups is 1. The highest BCUT2D eigenvalue weighted by molar-refractivity contribution is 5.89. The van der Waals surface area contributed by atoms with Crippen molar-refractivity contribution >= 4 is 5.84 Å². The summed E-state index contributed by atoms with van der Waals surface area (Å²) in [6, 6.07) is 0. The number of nitrogens with zero attached hydrogens (tertiary/aromatic N) is 1. The van der Waals surface area contributed by atoms with Crippen LogP contribution in [-0.2, 0) is 4.74 Å². The molecule has 94 valence electrons. The van der Waals surface area contributed by atoms with E-state index >= 15 is 0 Å². The van der Waals surface area contributed by atoms with Gasteiger partial charge in [0.05, 0.1) is 0 Å². The smallest absolute Gasteiger partial charge is 0.126 e. The van der Waals surface area contributed by atoms with E-state index < -0.39 is 0 Å². The predicted octanol–water partition coefficient (Wildman–Crippen LogP) is 2.59. The molecule has 0 radical (unpaired) electrons. The minimum absolute atomic E-state index is 0.276. The second-order valence-electron chi connectivity index (χ2n) is 5.50. The van der Waals surface area contributed by atoms with E-state index in [9.17, 15) is 0 Å². The first kappa shape index (κ1) is 13.5. The zero-order valence-electron chi connectivity index (χ0n) is 11.1. The number of nitrogens with two attached hydrogens (primary N) is 1. The molecule has 2 N–H and O–H groups in total. The predicted molar refractivity (Wildman–Crippen MR) is 68.7 cm³/mol. The van der Waals surface area contributed by atoms with Crippen molar-refractivity contribution in [3.05, 3.63) is 0 Å². The van der Waals surface area contributed by atoms with Crippen LogP contribution < -0.4 is 5.73 Å². The van der Waals surface area contributed by atoms with E-state index in [-0.39, 0.29) is 5.60 Å². The summed E-state index contributed by atoms with van der Waals surface area (Å²) in [6.07, 6.45) is 4.40. The Balaban J connectivity index is 2.68. The van der Waals surface area contributed by atoms with Gasteiger partial charge < -0.3 is 10.5 Å². The van der Waals surface area contributed by atoms with E-state index in [1.807, 2.05) is 0 Å². The molecule has 3 heteroatoms. The standard InChI is InChI=1S/C13H26N2O/c1-10(2)9-15-12(14)13(16-4)7-5-11(3)6-8-13/h10-11H,5-9H2,1-4H3,(H2,14,15). The molecule has 0 atom stereocenters. The van der Waals surface area contributed by atoms with Crippen molar-refractivity contribution in [3.8, 4) is 0 Å². The van der Waals surface area contributed by atoms with Crippen LogP contribution in [0.1, 0.15) is 46.5 Å². The zero-order chi connectivity index (χ0) is 12.2. The summed E-state index contributed by atoms with van der Waals surface area (Å²) in [7, 11) is 1.76. The van der Waals surface area contributed by atoms with Crippen molar-refractivity contribution < 1.29 is 4.74 Å². The topological polar surface area (TPSA) is 47.6 Å². The Kier molecular flexibility index (Phi) is 4.78. The minimum Gasteiger partial charge on any atom is -0.385 e. The highest BCUT2D eigenvalue weighted by Gasteiger charge is 2.37. The van der Waals surface area contributed by atoms with Crippen molar-refractivity contribution in [1.29, 1.82) is 0 Å². The highest BCUT2D eigenvalue weighted by atomic mass is 16.5. The van der Waals surface area contributed by atoms with Gasteiger partial charge >= 0.3 is 0 Å². The highest BCUT2D eigenvalue weighted by Crippen LogP contribution is 2.34. The van der Waals surface area contributed by atoms with E-state index in [1.165, 1.54) is 12.8 Å². The van der Waals surface area contributed by atoms with Gasteiger partial charge in [0.1, 0.15) is 11.4 Å². The van der Waals surface area contributed by atoms with E-state index in [2.05, 4.69) is 25.8 Å². The first-order valence-corrected chi connectivity index (χ1v) is 6.35. The lowest BCUT2D eigenvalue weighted by molar-refractivity contribution is 0.00791.